The van der Waals surface area contributed by atoms with Crippen LogP contribution in [0.15, 0.2) is 24.3 Å². The number of hydrogen-bond donors (Lipinski definition) is 2. The standard InChI is InChI=1S/C12H18N2O2/c1-2-10-3-5-11(6-4-10)16-8-7-14-12(15)9-13/h3-6H,2,7-9,13H2,1H3,(H,14,15). The summed E-state index contributed by atoms with van der Waals surface area (Å²) in [7, 11) is 0. The number of ether oxygens (including phenoxy) is 1. The van der Waals surface area contributed by atoms with Crippen LogP contribution in [0.4, 0.5) is 0 Å². The van der Waals surface area contributed by atoms with Crippen LogP contribution in [0.2, 0.25) is 0 Å². The predicted molar refractivity (Wildman–Crippen MR) is 63.4 cm³/mol. The summed E-state index contributed by atoms with van der Waals surface area (Å²) >= 11 is 0. The molecule has 0 saturated carbocycles. The van der Waals surface area contributed by atoms with Crippen molar-refractivity contribution >= 4 is 5.91 Å². The molecule has 0 spiro atoms. The second-order valence-corrected chi connectivity index (χ2v) is 3.40. The van der Waals surface area contributed by atoms with Crippen molar-refractivity contribution in [1.29, 1.82) is 0 Å². The molecule has 88 valence electrons. The SMILES string of the molecule is CCc1ccc(OCCNC(=O)CN)cc1. The van der Waals surface area contributed by atoms with Gasteiger partial charge in [0.2, 0.25) is 5.91 Å². The molecular formula is C12H18N2O2. The molecule has 0 unspecified atom stereocenters. The zero-order valence-corrected chi connectivity index (χ0v) is 9.53. The van der Waals surface area contributed by atoms with Gasteiger partial charge in [-0.25, -0.2) is 0 Å². The molecule has 4 heteroatoms. The smallest absolute Gasteiger partial charge is 0.233 e. The van der Waals surface area contributed by atoms with E-state index in [4.69, 9.17) is 10.5 Å². The number of amides is 1. The van der Waals surface area contributed by atoms with Gasteiger partial charge in [0.1, 0.15) is 12.4 Å². The van der Waals surface area contributed by atoms with Gasteiger partial charge in [0.05, 0.1) is 13.1 Å². The molecule has 0 aliphatic heterocycles. The van der Waals surface area contributed by atoms with Crippen molar-refractivity contribution in [3.63, 3.8) is 0 Å². The van der Waals surface area contributed by atoms with Gasteiger partial charge in [0, 0.05) is 0 Å². The second-order valence-electron chi connectivity index (χ2n) is 3.40. The number of rotatable bonds is 6. The average Bonchev–Trinajstić information content (AvgIpc) is 2.35. The Labute approximate surface area is 95.8 Å². The Morgan fingerprint density at radius 1 is 1.38 bits per heavy atom. The Kier molecular flexibility index (Phi) is 5.36. The number of nitrogens with one attached hydrogen (secondary N) is 1. The Morgan fingerprint density at radius 2 is 2.06 bits per heavy atom. The third-order valence-corrected chi connectivity index (χ3v) is 2.21. The van der Waals surface area contributed by atoms with E-state index in [1.54, 1.807) is 0 Å². The van der Waals surface area contributed by atoms with Gasteiger partial charge in [0.25, 0.3) is 0 Å². The number of carbonyl (C=O) groups excluding carboxylic acids is 1. The minimum absolute atomic E-state index is 0.0190. The van der Waals surface area contributed by atoms with E-state index in [9.17, 15) is 4.79 Å². The first-order valence-corrected chi connectivity index (χ1v) is 5.44. The summed E-state index contributed by atoms with van der Waals surface area (Å²) in [4.78, 5) is 10.8. The molecule has 1 rings (SSSR count). The number of hydrogen-bond acceptors (Lipinski definition) is 3. The maximum Gasteiger partial charge on any atom is 0.233 e. The molecule has 0 bridgehead atoms. The molecule has 0 atom stereocenters. The third-order valence-electron chi connectivity index (χ3n) is 2.21. The molecule has 1 aromatic carbocycles. The second kappa shape index (κ2) is 6.85. The lowest BCUT2D eigenvalue weighted by molar-refractivity contribution is -0.119. The molecule has 0 fully saturated rings. The monoisotopic (exact) mass is 222 g/mol. The van der Waals surface area contributed by atoms with Gasteiger partial charge in [0.15, 0.2) is 0 Å². The summed E-state index contributed by atoms with van der Waals surface area (Å²) < 4.78 is 5.44. The Bertz CT molecular complexity index is 322. The maximum absolute atomic E-state index is 10.8. The molecule has 1 amide bonds. The van der Waals surface area contributed by atoms with E-state index in [0.29, 0.717) is 13.2 Å². The van der Waals surface area contributed by atoms with Crippen LogP contribution in [0, 0.1) is 0 Å². The van der Waals surface area contributed by atoms with Crippen molar-refractivity contribution in [1.82, 2.24) is 5.32 Å². The minimum Gasteiger partial charge on any atom is -0.492 e. The van der Waals surface area contributed by atoms with E-state index in [-0.39, 0.29) is 12.5 Å². The van der Waals surface area contributed by atoms with E-state index >= 15 is 0 Å². The van der Waals surface area contributed by atoms with Crippen molar-refractivity contribution in [3.05, 3.63) is 29.8 Å². The Morgan fingerprint density at radius 3 is 2.62 bits per heavy atom. The van der Waals surface area contributed by atoms with E-state index in [2.05, 4.69) is 12.2 Å². The zero-order chi connectivity index (χ0) is 11.8. The van der Waals surface area contributed by atoms with Gasteiger partial charge in [-0.15, -0.1) is 0 Å². The van der Waals surface area contributed by atoms with Crippen molar-refractivity contribution in [2.45, 2.75) is 13.3 Å². The highest BCUT2D eigenvalue weighted by molar-refractivity contribution is 5.77. The zero-order valence-electron chi connectivity index (χ0n) is 9.53. The lowest BCUT2D eigenvalue weighted by Crippen LogP contribution is -2.33. The molecule has 0 heterocycles. The quantitative estimate of drug-likeness (QED) is 0.696. The largest absolute Gasteiger partial charge is 0.492 e. The van der Waals surface area contributed by atoms with E-state index in [1.165, 1.54) is 5.56 Å². The summed E-state index contributed by atoms with van der Waals surface area (Å²) in [6.07, 6.45) is 1.02. The lowest BCUT2D eigenvalue weighted by Gasteiger charge is -2.07. The average molecular weight is 222 g/mol. The van der Waals surface area contributed by atoms with Gasteiger partial charge in [-0.05, 0) is 24.1 Å². The fraction of sp³-hybridized carbons (Fsp3) is 0.417. The molecule has 0 saturated heterocycles. The Hall–Kier alpha value is -1.55. The summed E-state index contributed by atoms with van der Waals surface area (Å²) in [5.74, 6) is 0.657. The number of carbonyl (C=O) groups is 1. The maximum atomic E-state index is 10.8. The molecule has 0 radical (unpaired) electrons. The molecule has 1 aromatic rings. The van der Waals surface area contributed by atoms with Gasteiger partial charge >= 0.3 is 0 Å². The van der Waals surface area contributed by atoms with Crippen molar-refractivity contribution < 1.29 is 9.53 Å². The van der Waals surface area contributed by atoms with Crippen LogP contribution in [-0.2, 0) is 11.2 Å². The van der Waals surface area contributed by atoms with Crippen molar-refractivity contribution in [2.24, 2.45) is 5.73 Å². The molecule has 0 aromatic heterocycles. The van der Waals surface area contributed by atoms with Crippen LogP contribution >= 0.6 is 0 Å². The van der Waals surface area contributed by atoms with Crippen LogP contribution in [0.5, 0.6) is 5.75 Å². The lowest BCUT2D eigenvalue weighted by atomic mass is 10.2. The van der Waals surface area contributed by atoms with Crippen LogP contribution in [0.1, 0.15) is 12.5 Å². The minimum atomic E-state index is -0.162. The fourth-order valence-corrected chi connectivity index (χ4v) is 1.25. The van der Waals surface area contributed by atoms with Crippen LogP contribution in [0.25, 0.3) is 0 Å². The van der Waals surface area contributed by atoms with Crippen LogP contribution in [0.3, 0.4) is 0 Å². The predicted octanol–water partition coefficient (Wildman–Crippen LogP) is 0.703. The van der Waals surface area contributed by atoms with Gasteiger partial charge in [-0.2, -0.15) is 0 Å². The first-order valence-electron chi connectivity index (χ1n) is 5.44. The first kappa shape index (κ1) is 12.5. The van der Waals surface area contributed by atoms with Crippen molar-refractivity contribution in [3.8, 4) is 5.75 Å². The molecule has 3 N–H and O–H groups in total. The summed E-state index contributed by atoms with van der Waals surface area (Å²) in [6.45, 7) is 3.06. The number of benzene rings is 1. The first-order chi connectivity index (χ1) is 7.76. The van der Waals surface area contributed by atoms with Gasteiger partial charge < -0.3 is 15.8 Å². The highest BCUT2D eigenvalue weighted by Gasteiger charge is 1.97. The Balaban J connectivity index is 2.24. The fourth-order valence-electron chi connectivity index (χ4n) is 1.25. The molecule has 16 heavy (non-hydrogen) atoms. The molecule has 4 nitrogen and oxygen atoms in total. The number of nitrogens with two attached hydrogens (primary N) is 1. The number of aryl methyl sites for hydroxylation is 1. The summed E-state index contributed by atoms with van der Waals surface area (Å²) in [6, 6.07) is 7.94. The van der Waals surface area contributed by atoms with Gasteiger partial charge in [-0.3, -0.25) is 4.79 Å². The van der Waals surface area contributed by atoms with E-state index in [0.717, 1.165) is 12.2 Å². The summed E-state index contributed by atoms with van der Waals surface area (Å²) in [5.41, 5.74) is 6.43. The molecule has 0 aliphatic rings. The molecular weight excluding hydrogens is 204 g/mol. The van der Waals surface area contributed by atoms with Gasteiger partial charge in [-0.1, -0.05) is 19.1 Å². The topological polar surface area (TPSA) is 64.3 Å². The highest BCUT2D eigenvalue weighted by atomic mass is 16.5. The van der Waals surface area contributed by atoms with Crippen LogP contribution < -0.4 is 15.8 Å². The van der Waals surface area contributed by atoms with Crippen molar-refractivity contribution in [2.75, 3.05) is 19.7 Å². The highest BCUT2D eigenvalue weighted by Crippen LogP contribution is 2.11. The van der Waals surface area contributed by atoms with E-state index in [1.807, 2.05) is 24.3 Å². The van der Waals surface area contributed by atoms with Crippen LogP contribution in [-0.4, -0.2) is 25.6 Å². The van der Waals surface area contributed by atoms with E-state index < -0.39 is 0 Å². The normalized spacial score (nSPS) is 9.88. The molecule has 0 aliphatic carbocycles. The third kappa shape index (κ3) is 4.31. The summed E-state index contributed by atoms with van der Waals surface area (Å²) in [5, 5.41) is 2.64.